The standard InChI is InChI=1S/C20H18N4O/c25-20-19(22-12-13-24(20)16-6-2-1-3-7-16)21-11-10-15-14-23-18-9-5-4-8-17(15)18/h1-9,12-14,23H,10-11H2,(H,21,22). The minimum Gasteiger partial charge on any atom is -0.365 e. The minimum atomic E-state index is -0.146. The molecule has 0 bridgehead atoms. The van der Waals surface area contributed by atoms with Crippen molar-refractivity contribution in [2.24, 2.45) is 0 Å². The first kappa shape index (κ1) is 15.2. The van der Waals surface area contributed by atoms with E-state index < -0.39 is 0 Å². The average Bonchev–Trinajstić information content (AvgIpc) is 3.07. The number of fused-ring (bicyclic) bond motifs is 1. The fourth-order valence-electron chi connectivity index (χ4n) is 2.98. The maximum atomic E-state index is 12.6. The highest BCUT2D eigenvalue weighted by molar-refractivity contribution is 5.83. The molecule has 0 saturated carbocycles. The number of hydrogen-bond acceptors (Lipinski definition) is 3. The average molecular weight is 330 g/mol. The molecule has 0 radical (unpaired) electrons. The van der Waals surface area contributed by atoms with Gasteiger partial charge in [0.15, 0.2) is 5.82 Å². The monoisotopic (exact) mass is 330 g/mol. The predicted octanol–water partition coefficient (Wildman–Crippen LogP) is 3.37. The van der Waals surface area contributed by atoms with Gasteiger partial charge < -0.3 is 10.3 Å². The Balaban J connectivity index is 1.51. The summed E-state index contributed by atoms with van der Waals surface area (Å²) in [6, 6.07) is 17.8. The Labute approximate surface area is 145 Å². The lowest BCUT2D eigenvalue weighted by Gasteiger charge is -2.09. The molecule has 25 heavy (non-hydrogen) atoms. The van der Waals surface area contributed by atoms with Gasteiger partial charge in [-0.15, -0.1) is 0 Å². The molecule has 0 amide bonds. The lowest BCUT2D eigenvalue weighted by molar-refractivity contribution is 0.934. The van der Waals surface area contributed by atoms with Gasteiger partial charge in [0.25, 0.3) is 5.56 Å². The first-order chi connectivity index (χ1) is 12.3. The summed E-state index contributed by atoms with van der Waals surface area (Å²) in [6.07, 6.45) is 6.16. The molecule has 5 heteroatoms. The van der Waals surface area contributed by atoms with E-state index in [1.165, 1.54) is 10.9 Å². The van der Waals surface area contributed by atoms with Crippen LogP contribution in [0, 0.1) is 0 Å². The number of nitrogens with zero attached hydrogens (tertiary/aromatic N) is 2. The SMILES string of the molecule is O=c1c(NCCc2c[nH]c3ccccc23)nccn1-c1ccccc1. The van der Waals surface area contributed by atoms with Crippen LogP contribution < -0.4 is 10.9 Å². The van der Waals surface area contributed by atoms with Gasteiger partial charge in [-0.2, -0.15) is 0 Å². The van der Waals surface area contributed by atoms with Crippen molar-refractivity contribution in [3.8, 4) is 5.69 Å². The second-order valence-electron chi connectivity index (χ2n) is 5.82. The molecule has 0 saturated heterocycles. The summed E-state index contributed by atoms with van der Waals surface area (Å²) in [7, 11) is 0. The first-order valence-electron chi connectivity index (χ1n) is 8.25. The Bertz CT molecular complexity index is 1050. The summed E-state index contributed by atoms with van der Waals surface area (Å²) in [6.45, 7) is 0.642. The molecule has 2 aromatic carbocycles. The molecule has 0 fully saturated rings. The zero-order chi connectivity index (χ0) is 17.1. The van der Waals surface area contributed by atoms with Crippen molar-refractivity contribution >= 4 is 16.7 Å². The summed E-state index contributed by atoms with van der Waals surface area (Å²) in [4.78, 5) is 20.1. The smallest absolute Gasteiger partial charge is 0.297 e. The largest absolute Gasteiger partial charge is 0.365 e. The number of rotatable bonds is 5. The van der Waals surface area contributed by atoms with Gasteiger partial charge in [-0.1, -0.05) is 36.4 Å². The summed E-state index contributed by atoms with van der Waals surface area (Å²) in [5, 5.41) is 4.38. The molecule has 0 aliphatic carbocycles. The molecule has 2 heterocycles. The minimum absolute atomic E-state index is 0.146. The summed E-state index contributed by atoms with van der Waals surface area (Å²) < 4.78 is 1.60. The van der Waals surface area contributed by atoms with Crippen LogP contribution in [0.15, 0.2) is 78.0 Å². The molecule has 0 aliphatic heterocycles. The van der Waals surface area contributed by atoms with E-state index in [4.69, 9.17) is 0 Å². The van der Waals surface area contributed by atoms with Crippen molar-refractivity contribution in [3.63, 3.8) is 0 Å². The van der Waals surface area contributed by atoms with E-state index in [1.807, 2.05) is 48.7 Å². The van der Waals surface area contributed by atoms with Crippen molar-refractivity contribution in [1.82, 2.24) is 14.5 Å². The van der Waals surface area contributed by atoms with Gasteiger partial charge in [0.1, 0.15) is 0 Å². The fraction of sp³-hybridized carbons (Fsp3) is 0.100. The number of para-hydroxylation sites is 2. The number of nitrogens with one attached hydrogen (secondary N) is 2. The molecule has 4 rings (SSSR count). The van der Waals surface area contributed by atoms with E-state index in [-0.39, 0.29) is 5.56 Å². The maximum absolute atomic E-state index is 12.6. The van der Waals surface area contributed by atoms with Crippen LogP contribution in [0.4, 0.5) is 5.82 Å². The van der Waals surface area contributed by atoms with E-state index in [0.717, 1.165) is 17.6 Å². The van der Waals surface area contributed by atoms with Crippen molar-refractivity contribution in [1.29, 1.82) is 0 Å². The van der Waals surface area contributed by atoms with Gasteiger partial charge in [-0.05, 0) is 30.2 Å². The van der Waals surface area contributed by atoms with Gasteiger partial charge in [0, 0.05) is 41.7 Å². The summed E-state index contributed by atoms with van der Waals surface area (Å²) in [5.74, 6) is 0.367. The summed E-state index contributed by atoms with van der Waals surface area (Å²) in [5.41, 5.74) is 3.03. The van der Waals surface area contributed by atoms with Crippen LogP contribution in [0.3, 0.4) is 0 Å². The van der Waals surface area contributed by atoms with Crippen molar-refractivity contribution in [2.75, 3.05) is 11.9 Å². The van der Waals surface area contributed by atoms with E-state index >= 15 is 0 Å². The van der Waals surface area contributed by atoms with Crippen LogP contribution in [0.1, 0.15) is 5.56 Å². The molecule has 124 valence electrons. The molecule has 2 N–H and O–H groups in total. The fourth-order valence-corrected chi connectivity index (χ4v) is 2.98. The van der Waals surface area contributed by atoms with Crippen LogP contribution in [0.5, 0.6) is 0 Å². The Morgan fingerprint density at radius 2 is 1.84 bits per heavy atom. The second kappa shape index (κ2) is 6.65. The molecule has 0 atom stereocenters. The van der Waals surface area contributed by atoms with Crippen LogP contribution in [-0.2, 0) is 6.42 Å². The number of anilines is 1. The maximum Gasteiger partial charge on any atom is 0.297 e. The van der Waals surface area contributed by atoms with Crippen LogP contribution in [-0.4, -0.2) is 21.1 Å². The van der Waals surface area contributed by atoms with Gasteiger partial charge in [0.2, 0.25) is 0 Å². The van der Waals surface area contributed by atoms with E-state index in [1.54, 1.807) is 17.0 Å². The lowest BCUT2D eigenvalue weighted by atomic mass is 10.1. The Kier molecular flexibility index (Phi) is 4.04. The molecular formula is C20H18N4O. The third-order valence-electron chi connectivity index (χ3n) is 4.24. The highest BCUT2D eigenvalue weighted by Crippen LogP contribution is 2.18. The quantitative estimate of drug-likeness (QED) is 0.590. The molecule has 4 aromatic rings. The van der Waals surface area contributed by atoms with Crippen LogP contribution >= 0.6 is 0 Å². The van der Waals surface area contributed by atoms with E-state index in [9.17, 15) is 4.79 Å². The zero-order valence-electron chi connectivity index (χ0n) is 13.6. The summed E-state index contributed by atoms with van der Waals surface area (Å²) >= 11 is 0. The van der Waals surface area contributed by atoms with Crippen molar-refractivity contribution < 1.29 is 0 Å². The van der Waals surface area contributed by atoms with Crippen LogP contribution in [0.2, 0.25) is 0 Å². The molecular weight excluding hydrogens is 312 g/mol. The number of H-pyrrole nitrogens is 1. The second-order valence-corrected chi connectivity index (χ2v) is 5.82. The van der Waals surface area contributed by atoms with Gasteiger partial charge in [-0.25, -0.2) is 4.98 Å². The van der Waals surface area contributed by atoms with Crippen LogP contribution in [0.25, 0.3) is 16.6 Å². The number of aromatic nitrogens is 3. The first-order valence-corrected chi connectivity index (χ1v) is 8.25. The lowest BCUT2D eigenvalue weighted by Crippen LogP contribution is -2.23. The van der Waals surface area contributed by atoms with E-state index in [0.29, 0.717) is 12.4 Å². The Hall–Kier alpha value is -3.34. The molecule has 0 unspecified atom stereocenters. The molecule has 2 aromatic heterocycles. The van der Waals surface area contributed by atoms with Gasteiger partial charge in [-0.3, -0.25) is 9.36 Å². The normalized spacial score (nSPS) is 10.9. The van der Waals surface area contributed by atoms with E-state index in [2.05, 4.69) is 27.4 Å². The number of benzene rings is 2. The Morgan fingerprint density at radius 1 is 1.04 bits per heavy atom. The number of aromatic amines is 1. The Morgan fingerprint density at radius 3 is 2.72 bits per heavy atom. The molecule has 0 spiro atoms. The van der Waals surface area contributed by atoms with Gasteiger partial charge in [0.05, 0.1) is 0 Å². The van der Waals surface area contributed by atoms with Gasteiger partial charge >= 0.3 is 0 Å². The number of hydrogen-bond donors (Lipinski definition) is 2. The molecule has 0 aliphatic rings. The van der Waals surface area contributed by atoms with Crippen molar-refractivity contribution in [3.05, 3.63) is 89.1 Å². The highest BCUT2D eigenvalue weighted by Gasteiger charge is 2.07. The zero-order valence-corrected chi connectivity index (χ0v) is 13.6. The predicted molar refractivity (Wildman–Crippen MR) is 100 cm³/mol. The third kappa shape index (κ3) is 3.04. The highest BCUT2D eigenvalue weighted by atomic mass is 16.1. The topological polar surface area (TPSA) is 62.7 Å². The third-order valence-corrected chi connectivity index (χ3v) is 4.24. The molecule has 5 nitrogen and oxygen atoms in total. The van der Waals surface area contributed by atoms with Crippen molar-refractivity contribution in [2.45, 2.75) is 6.42 Å².